The SMILES string of the molecule is OCC1CCN(CC=C(Cl)Cl)CC1. The summed E-state index contributed by atoms with van der Waals surface area (Å²) in [4.78, 5) is 2.29. The minimum atomic E-state index is 0.319. The minimum absolute atomic E-state index is 0.319. The Hall–Kier alpha value is 0.240. The van der Waals surface area contributed by atoms with E-state index in [4.69, 9.17) is 28.3 Å². The lowest BCUT2D eigenvalue weighted by atomic mass is 9.98. The van der Waals surface area contributed by atoms with Gasteiger partial charge in [-0.15, -0.1) is 0 Å². The van der Waals surface area contributed by atoms with Gasteiger partial charge in [0.2, 0.25) is 0 Å². The van der Waals surface area contributed by atoms with E-state index < -0.39 is 0 Å². The molecule has 1 N–H and O–H groups in total. The van der Waals surface area contributed by atoms with Crippen molar-refractivity contribution in [2.75, 3.05) is 26.2 Å². The molecule has 1 aliphatic rings. The largest absolute Gasteiger partial charge is 0.396 e. The summed E-state index contributed by atoms with van der Waals surface area (Å²) < 4.78 is 0.337. The predicted molar refractivity (Wildman–Crippen MR) is 56.0 cm³/mol. The summed E-state index contributed by atoms with van der Waals surface area (Å²) in [5, 5.41) is 8.92. The number of aliphatic hydroxyl groups excluding tert-OH is 1. The van der Waals surface area contributed by atoms with E-state index in [0.717, 1.165) is 32.5 Å². The third-order valence-electron chi connectivity index (χ3n) is 2.47. The highest BCUT2D eigenvalue weighted by molar-refractivity contribution is 6.55. The first-order valence-electron chi connectivity index (χ1n) is 4.56. The Morgan fingerprint density at radius 2 is 2.00 bits per heavy atom. The maximum absolute atomic E-state index is 8.92. The van der Waals surface area contributed by atoms with Crippen LogP contribution in [0.1, 0.15) is 12.8 Å². The lowest BCUT2D eigenvalue weighted by Crippen LogP contribution is -2.34. The third kappa shape index (κ3) is 4.32. The number of halogens is 2. The summed E-state index contributed by atoms with van der Waals surface area (Å²) >= 11 is 11.0. The molecule has 1 fully saturated rings. The zero-order chi connectivity index (χ0) is 9.68. The van der Waals surface area contributed by atoms with Crippen LogP contribution in [0, 0.1) is 5.92 Å². The van der Waals surface area contributed by atoms with E-state index >= 15 is 0 Å². The Bertz CT molecular complexity index is 172. The molecular formula is C9H15Cl2NO. The monoisotopic (exact) mass is 223 g/mol. The second-order valence-corrected chi connectivity index (χ2v) is 4.43. The highest BCUT2D eigenvalue weighted by Crippen LogP contribution is 2.16. The highest BCUT2D eigenvalue weighted by atomic mass is 35.5. The molecule has 0 aromatic carbocycles. The van der Waals surface area contributed by atoms with Crippen LogP contribution in [-0.2, 0) is 0 Å². The summed E-state index contributed by atoms with van der Waals surface area (Å²) in [5.41, 5.74) is 0. The van der Waals surface area contributed by atoms with Gasteiger partial charge in [-0.2, -0.15) is 0 Å². The summed E-state index contributed by atoms with van der Waals surface area (Å²) in [5.74, 6) is 0.492. The third-order valence-corrected chi connectivity index (χ3v) is 2.78. The van der Waals surface area contributed by atoms with Crippen molar-refractivity contribution in [2.24, 2.45) is 5.92 Å². The smallest absolute Gasteiger partial charge is 0.104 e. The molecule has 0 aromatic heterocycles. The number of nitrogens with zero attached hydrogens (tertiary/aromatic N) is 1. The lowest BCUT2D eigenvalue weighted by molar-refractivity contribution is 0.139. The molecule has 1 heterocycles. The van der Waals surface area contributed by atoms with E-state index in [-0.39, 0.29) is 0 Å². The van der Waals surface area contributed by atoms with Crippen molar-refractivity contribution in [2.45, 2.75) is 12.8 Å². The predicted octanol–water partition coefficient (Wildman–Crippen LogP) is 2.01. The fourth-order valence-electron chi connectivity index (χ4n) is 1.55. The van der Waals surface area contributed by atoms with Crippen LogP contribution in [0.25, 0.3) is 0 Å². The van der Waals surface area contributed by atoms with Gasteiger partial charge < -0.3 is 5.11 Å². The maximum atomic E-state index is 8.92. The summed E-state index contributed by atoms with van der Waals surface area (Å²) in [6.45, 7) is 3.20. The normalized spacial score (nSPS) is 20.2. The molecule has 13 heavy (non-hydrogen) atoms. The average molecular weight is 224 g/mol. The van der Waals surface area contributed by atoms with Crippen LogP contribution in [0.3, 0.4) is 0 Å². The summed E-state index contributed by atoms with van der Waals surface area (Å²) in [6, 6.07) is 0. The van der Waals surface area contributed by atoms with Crippen molar-refractivity contribution in [3.8, 4) is 0 Å². The van der Waals surface area contributed by atoms with Crippen LogP contribution in [0.4, 0.5) is 0 Å². The van der Waals surface area contributed by atoms with E-state index in [2.05, 4.69) is 4.90 Å². The van der Waals surface area contributed by atoms with Gasteiger partial charge in [0.05, 0.1) is 0 Å². The molecule has 76 valence electrons. The molecule has 0 aliphatic carbocycles. The Morgan fingerprint density at radius 3 is 2.46 bits per heavy atom. The number of rotatable bonds is 3. The Morgan fingerprint density at radius 1 is 1.38 bits per heavy atom. The molecule has 0 radical (unpaired) electrons. The zero-order valence-corrected chi connectivity index (χ0v) is 9.06. The van der Waals surface area contributed by atoms with Gasteiger partial charge >= 0.3 is 0 Å². The van der Waals surface area contributed by atoms with Gasteiger partial charge in [0.1, 0.15) is 4.49 Å². The zero-order valence-electron chi connectivity index (χ0n) is 7.55. The molecule has 0 saturated carbocycles. The summed E-state index contributed by atoms with van der Waals surface area (Å²) in [7, 11) is 0. The van der Waals surface area contributed by atoms with Crippen molar-refractivity contribution in [1.29, 1.82) is 0 Å². The summed E-state index contributed by atoms with van der Waals surface area (Å²) in [6.07, 6.45) is 3.96. The molecule has 0 bridgehead atoms. The van der Waals surface area contributed by atoms with E-state index in [1.807, 2.05) is 6.08 Å². The topological polar surface area (TPSA) is 23.5 Å². The molecule has 0 amide bonds. The Kier molecular flexibility index (Phi) is 5.10. The van der Waals surface area contributed by atoms with Crippen LogP contribution in [0.5, 0.6) is 0 Å². The van der Waals surface area contributed by atoms with Gasteiger partial charge in [0, 0.05) is 13.2 Å². The molecule has 2 nitrogen and oxygen atoms in total. The molecule has 0 spiro atoms. The van der Waals surface area contributed by atoms with Crippen molar-refractivity contribution < 1.29 is 5.11 Å². The molecule has 1 aliphatic heterocycles. The molecular weight excluding hydrogens is 209 g/mol. The molecule has 1 rings (SSSR count). The second kappa shape index (κ2) is 5.86. The lowest BCUT2D eigenvalue weighted by Gasteiger charge is -2.29. The van der Waals surface area contributed by atoms with Crippen molar-refractivity contribution in [1.82, 2.24) is 4.90 Å². The minimum Gasteiger partial charge on any atom is -0.396 e. The molecule has 0 unspecified atom stereocenters. The van der Waals surface area contributed by atoms with Crippen LogP contribution in [-0.4, -0.2) is 36.2 Å². The van der Waals surface area contributed by atoms with E-state index in [1.165, 1.54) is 0 Å². The van der Waals surface area contributed by atoms with Gasteiger partial charge in [0.25, 0.3) is 0 Å². The van der Waals surface area contributed by atoms with Crippen molar-refractivity contribution in [3.05, 3.63) is 10.6 Å². The number of piperidine rings is 1. The maximum Gasteiger partial charge on any atom is 0.104 e. The molecule has 1 saturated heterocycles. The standard InChI is InChI=1S/C9H15Cl2NO/c10-9(11)3-6-12-4-1-8(7-13)2-5-12/h3,8,13H,1-2,4-7H2. The van der Waals surface area contributed by atoms with Crippen LogP contribution >= 0.6 is 23.2 Å². The molecule has 0 atom stereocenters. The van der Waals surface area contributed by atoms with Crippen molar-refractivity contribution >= 4 is 23.2 Å². The van der Waals surface area contributed by atoms with E-state index in [0.29, 0.717) is 17.0 Å². The van der Waals surface area contributed by atoms with Gasteiger partial charge in [-0.3, -0.25) is 4.90 Å². The van der Waals surface area contributed by atoms with E-state index in [1.54, 1.807) is 0 Å². The van der Waals surface area contributed by atoms with Crippen LogP contribution < -0.4 is 0 Å². The second-order valence-electron chi connectivity index (χ2n) is 3.42. The highest BCUT2D eigenvalue weighted by Gasteiger charge is 2.17. The first-order chi connectivity index (χ1) is 6.22. The number of likely N-dealkylation sites (tertiary alicyclic amines) is 1. The van der Waals surface area contributed by atoms with Crippen LogP contribution in [0.15, 0.2) is 10.6 Å². The van der Waals surface area contributed by atoms with Gasteiger partial charge in [0.15, 0.2) is 0 Å². The van der Waals surface area contributed by atoms with Crippen LogP contribution in [0.2, 0.25) is 0 Å². The quantitative estimate of drug-likeness (QED) is 0.792. The Balaban J connectivity index is 2.21. The average Bonchev–Trinajstić information content (AvgIpc) is 2.15. The fourth-order valence-corrected chi connectivity index (χ4v) is 1.69. The molecule has 0 aromatic rings. The number of aliphatic hydroxyl groups is 1. The first kappa shape index (κ1) is 11.3. The molecule has 4 heteroatoms. The fraction of sp³-hybridized carbons (Fsp3) is 0.778. The Labute approximate surface area is 89.1 Å². The van der Waals surface area contributed by atoms with Gasteiger partial charge in [-0.05, 0) is 37.9 Å². The van der Waals surface area contributed by atoms with Gasteiger partial charge in [-0.1, -0.05) is 23.2 Å². The van der Waals surface area contributed by atoms with Gasteiger partial charge in [-0.25, -0.2) is 0 Å². The van der Waals surface area contributed by atoms with E-state index in [9.17, 15) is 0 Å². The van der Waals surface area contributed by atoms with Crippen molar-refractivity contribution in [3.63, 3.8) is 0 Å². The first-order valence-corrected chi connectivity index (χ1v) is 5.32. The number of hydrogen-bond acceptors (Lipinski definition) is 2. The number of hydrogen-bond donors (Lipinski definition) is 1.